The van der Waals surface area contributed by atoms with Crippen LogP contribution in [0.5, 0.6) is 17.2 Å². The normalized spacial score (nSPS) is 10.4. The molecule has 0 radical (unpaired) electrons. The number of rotatable bonds is 9. The zero-order chi connectivity index (χ0) is 21.0. The van der Waals surface area contributed by atoms with Crippen LogP contribution in [0.15, 0.2) is 84.0 Å². The molecular formula is C23H23N3O3S. The third-order valence-corrected chi connectivity index (χ3v) is 4.16. The first-order valence-electron chi connectivity index (χ1n) is 9.38. The molecule has 0 bridgehead atoms. The number of anilines is 1. The number of benzene rings is 3. The van der Waals surface area contributed by atoms with Crippen molar-refractivity contribution in [3.63, 3.8) is 0 Å². The van der Waals surface area contributed by atoms with Crippen molar-refractivity contribution in [2.45, 2.75) is 0 Å². The third-order valence-electron chi connectivity index (χ3n) is 3.97. The molecule has 0 aromatic heterocycles. The predicted octanol–water partition coefficient (Wildman–Crippen LogP) is 4.47. The number of methoxy groups -OCH3 is 1. The lowest BCUT2D eigenvalue weighted by atomic mass is 10.2. The zero-order valence-corrected chi connectivity index (χ0v) is 17.4. The largest absolute Gasteiger partial charge is 0.493 e. The van der Waals surface area contributed by atoms with Gasteiger partial charge in [-0.2, -0.15) is 5.10 Å². The minimum atomic E-state index is 0.416. The zero-order valence-electron chi connectivity index (χ0n) is 16.6. The van der Waals surface area contributed by atoms with Crippen molar-refractivity contribution in [2.24, 2.45) is 5.10 Å². The van der Waals surface area contributed by atoms with Crippen molar-refractivity contribution in [1.82, 2.24) is 5.43 Å². The Bertz CT molecular complexity index is 963. The Morgan fingerprint density at radius 2 is 1.53 bits per heavy atom. The van der Waals surface area contributed by atoms with Crippen molar-refractivity contribution in [1.29, 1.82) is 0 Å². The second-order valence-electron chi connectivity index (χ2n) is 6.11. The average molecular weight is 422 g/mol. The summed E-state index contributed by atoms with van der Waals surface area (Å²) in [7, 11) is 1.62. The molecule has 7 heteroatoms. The first-order chi connectivity index (χ1) is 14.7. The third kappa shape index (κ3) is 6.79. The first kappa shape index (κ1) is 21.1. The molecule has 3 rings (SSSR count). The van der Waals surface area contributed by atoms with Gasteiger partial charge >= 0.3 is 0 Å². The number of thiocarbonyl (C=S) groups is 1. The topological polar surface area (TPSA) is 64.1 Å². The Hall–Kier alpha value is -3.58. The van der Waals surface area contributed by atoms with Crippen LogP contribution in [0.25, 0.3) is 0 Å². The van der Waals surface area contributed by atoms with Gasteiger partial charge in [-0.3, -0.25) is 5.43 Å². The molecule has 0 fully saturated rings. The first-order valence-corrected chi connectivity index (χ1v) is 9.79. The second kappa shape index (κ2) is 11.4. The molecule has 0 aliphatic heterocycles. The highest BCUT2D eigenvalue weighted by Crippen LogP contribution is 2.25. The monoisotopic (exact) mass is 421 g/mol. The molecule has 3 aromatic carbocycles. The summed E-state index contributed by atoms with van der Waals surface area (Å²) >= 11 is 5.21. The lowest BCUT2D eigenvalue weighted by Crippen LogP contribution is -2.23. The highest BCUT2D eigenvalue weighted by Gasteiger charge is 2.02. The molecule has 0 heterocycles. The van der Waals surface area contributed by atoms with Gasteiger partial charge in [-0.1, -0.05) is 30.3 Å². The molecule has 2 N–H and O–H groups in total. The summed E-state index contributed by atoms with van der Waals surface area (Å²) in [6, 6.07) is 24.8. The van der Waals surface area contributed by atoms with E-state index >= 15 is 0 Å². The summed E-state index contributed by atoms with van der Waals surface area (Å²) in [5.41, 5.74) is 4.62. The number of hydrogen-bond acceptors (Lipinski definition) is 5. The maximum Gasteiger partial charge on any atom is 0.191 e. The van der Waals surface area contributed by atoms with E-state index in [0.717, 1.165) is 17.0 Å². The van der Waals surface area contributed by atoms with Gasteiger partial charge in [0.15, 0.2) is 16.6 Å². The standard InChI is InChI=1S/C23H23N3O3S/c1-27-21-9-5-6-10-22(21)29-16-15-28-20-13-11-18(12-14-20)17-24-26-23(30)25-19-7-3-2-4-8-19/h2-14,17H,15-16H2,1H3,(H2,25,26,30). The van der Waals surface area contributed by atoms with E-state index in [9.17, 15) is 0 Å². The van der Waals surface area contributed by atoms with Crippen LogP contribution in [0.4, 0.5) is 5.69 Å². The molecule has 30 heavy (non-hydrogen) atoms. The van der Waals surface area contributed by atoms with Crippen LogP contribution in [0.2, 0.25) is 0 Å². The fraction of sp³-hybridized carbons (Fsp3) is 0.130. The van der Waals surface area contributed by atoms with E-state index in [1.807, 2.05) is 78.9 Å². The Morgan fingerprint density at radius 1 is 0.867 bits per heavy atom. The van der Waals surface area contributed by atoms with Crippen molar-refractivity contribution >= 4 is 29.2 Å². The van der Waals surface area contributed by atoms with Gasteiger partial charge in [0.25, 0.3) is 0 Å². The minimum Gasteiger partial charge on any atom is -0.493 e. The lowest BCUT2D eigenvalue weighted by molar-refractivity contribution is 0.211. The van der Waals surface area contributed by atoms with Gasteiger partial charge in [0.1, 0.15) is 19.0 Å². The highest BCUT2D eigenvalue weighted by molar-refractivity contribution is 7.80. The van der Waals surface area contributed by atoms with Crippen LogP contribution in [0.1, 0.15) is 5.56 Å². The van der Waals surface area contributed by atoms with Gasteiger partial charge in [-0.15, -0.1) is 0 Å². The molecule has 3 aromatic rings. The quantitative estimate of drug-likeness (QED) is 0.230. The number of hydrazone groups is 1. The van der Waals surface area contributed by atoms with E-state index in [0.29, 0.717) is 29.8 Å². The van der Waals surface area contributed by atoms with Crippen LogP contribution in [0.3, 0.4) is 0 Å². The molecule has 0 atom stereocenters. The fourth-order valence-electron chi connectivity index (χ4n) is 2.55. The van der Waals surface area contributed by atoms with Gasteiger partial charge in [0.05, 0.1) is 13.3 Å². The summed E-state index contributed by atoms with van der Waals surface area (Å²) in [4.78, 5) is 0. The molecular weight excluding hydrogens is 398 g/mol. The SMILES string of the molecule is COc1ccccc1OCCOc1ccc(C=NNC(=S)Nc2ccccc2)cc1. The average Bonchev–Trinajstić information content (AvgIpc) is 2.78. The van der Waals surface area contributed by atoms with Gasteiger partial charge in [0, 0.05) is 5.69 Å². The van der Waals surface area contributed by atoms with Crippen molar-refractivity contribution in [3.8, 4) is 17.2 Å². The number of nitrogens with zero attached hydrogens (tertiary/aromatic N) is 1. The van der Waals surface area contributed by atoms with Crippen LogP contribution >= 0.6 is 12.2 Å². The van der Waals surface area contributed by atoms with Gasteiger partial charge in [-0.05, 0) is 66.3 Å². The lowest BCUT2D eigenvalue weighted by Gasteiger charge is -2.11. The Kier molecular flexibility index (Phi) is 8.05. The molecule has 0 saturated carbocycles. The number of ether oxygens (including phenoxy) is 3. The summed E-state index contributed by atoms with van der Waals surface area (Å²) in [6.07, 6.45) is 1.69. The molecule has 154 valence electrons. The van der Waals surface area contributed by atoms with Crippen LogP contribution in [0, 0.1) is 0 Å². The molecule has 0 spiro atoms. The Balaban J connectivity index is 1.39. The Labute approximate surface area is 181 Å². The molecule has 0 saturated heterocycles. The number of nitrogens with one attached hydrogen (secondary N) is 2. The summed E-state index contributed by atoms with van der Waals surface area (Å²) in [5.74, 6) is 2.15. The van der Waals surface area contributed by atoms with Gasteiger partial charge in [-0.25, -0.2) is 0 Å². The van der Waals surface area contributed by atoms with E-state index in [2.05, 4.69) is 15.8 Å². The highest BCUT2D eigenvalue weighted by atomic mass is 32.1. The van der Waals surface area contributed by atoms with Crippen LogP contribution in [-0.2, 0) is 0 Å². The molecule has 0 aliphatic rings. The molecule has 0 unspecified atom stereocenters. The number of hydrogen-bond donors (Lipinski definition) is 2. The van der Waals surface area contributed by atoms with Crippen molar-refractivity contribution in [3.05, 3.63) is 84.4 Å². The fourth-order valence-corrected chi connectivity index (χ4v) is 2.72. The summed E-state index contributed by atoms with van der Waals surface area (Å²) in [5, 5.41) is 7.62. The van der Waals surface area contributed by atoms with Crippen LogP contribution < -0.4 is 25.0 Å². The van der Waals surface area contributed by atoms with E-state index in [1.165, 1.54) is 0 Å². The molecule has 0 amide bonds. The smallest absolute Gasteiger partial charge is 0.191 e. The second-order valence-corrected chi connectivity index (χ2v) is 6.52. The van der Waals surface area contributed by atoms with E-state index in [1.54, 1.807) is 13.3 Å². The minimum absolute atomic E-state index is 0.416. The maximum absolute atomic E-state index is 5.71. The van der Waals surface area contributed by atoms with E-state index < -0.39 is 0 Å². The van der Waals surface area contributed by atoms with E-state index in [4.69, 9.17) is 26.4 Å². The molecule has 0 aliphatic carbocycles. The number of para-hydroxylation sites is 3. The van der Waals surface area contributed by atoms with Crippen molar-refractivity contribution in [2.75, 3.05) is 25.6 Å². The van der Waals surface area contributed by atoms with Gasteiger partial charge in [0.2, 0.25) is 0 Å². The Morgan fingerprint density at radius 3 is 2.27 bits per heavy atom. The van der Waals surface area contributed by atoms with Crippen LogP contribution in [-0.4, -0.2) is 31.7 Å². The predicted molar refractivity (Wildman–Crippen MR) is 124 cm³/mol. The maximum atomic E-state index is 5.71. The van der Waals surface area contributed by atoms with Gasteiger partial charge < -0.3 is 19.5 Å². The summed E-state index contributed by atoms with van der Waals surface area (Å²) in [6.45, 7) is 0.839. The molecule has 6 nitrogen and oxygen atoms in total. The summed E-state index contributed by atoms with van der Waals surface area (Å²) < 4.78 is 16.7. The van der Waals surface area contributed by atoms with Crippen molar-refractivity contribution < 1.29 is 14.2 Å². The van der Waals surface area contributed by atoms with E-state index in [-0.39, 0.29) is 0 Å².